The molecule has 9 heavy (non-hydrogen) atoms. The molecule has 0 aromatic heterocycles. The van der Waals surface area contributed by atoms with Gasteiger partial charge in [0.25, 0.3) is 0 Å². The Labute approximate surface area is 56.1 Å². The molecule has 7 nitrogen and oxygen atoms in total. The Morgan fingerprint density at radius 1 is 0.667 bits per heavy atom. The molecule has 0 aromatic carbocycles. The Balaban J connectivity index is 4.91. The summed E-state index contributed by atoms with van der Waals surface area (Å²) in [5, 5.41) is 0. The van der Waals surface area contributed by atoms with E-state index in [0.29, 0.717) is 0 Å². The van der Waals surface area contributed by atoms with Crippen LogP contribution in [0.3, 0.4) is 0 Å². The van der Waals surface area contributed by atoms with Crippen molar-refractivity contribution in [3.63, 3.8) is 0 Å². The van der Waals surface area contributed by atoms with Gasteiger partial charge in [0.05, 0.1) is 0 Å². The molecule has 0 aliphatic heterocycles. The molecule has 0 heterocycles. The number of hydrogen-bond acceptors (Lipinski definition) is 7. The topological polar surface area (TPSA) is 112 Å². The quantitative estimate of drug-likeness (QED) is 0.614. The zero-order valence-corrected chi connectivity index (χ0v) is 8.15. The van der Waals surface area contributed by atoms with E-state index in [1.807, 2.05) is 0 Å². The first-order valence-corrected chi connectivity index (χ1v) is 8.64. The molecule has 0 aliphatic carbocycles. The third kappa shape index (κ3) is 8.24. The summed E-state index contributed by atoms with van der Waals surface area (Å²) in [5.41, 5.74) is 0. The standard InChI is InChI=1S/2Nb.7O. The molecule has 0 fully saturated rings. The Hall–Kier alpha value is 0.241. The SMILES string of the molecule is [O]=[Nb](=[O])(=[O])[O][Nb](=[O])(=[O])=[O]. The summed E-state index contributed by atoms with van der Waals surface area (Å²) in [6.07, 6.45) is 0. The molecule has 0 amide bonds. The van der Waals surface area contributed by atoms with E-state index in [4.69, 9.17) is 0 Å². The molecule has 0 aliphatic rings. The second-order valence-electron chi connectivity index (χ2n) is 0.976. The molecule has 0 aromatic rings. The fourth-order valence-corrected chi connectivity index (χ4v) is 4.29. The molecule has 0 radical (unpaired) electrons. The normalized spacial score (nSPS) is 9.78. The van der Waals surface area contributed by atoms with Crippen LogP contribution in [0, 0.1) is 0 Å². The number of rotatable bonds is 2. The van der Waals surface area contributed by atoms with Gasteiger partial charge in [-0.05, 0) is 0 Å². The molecule has 0 atom stereocenters. The van der Waals surface area contributed by atoms with Crippen molar-refractivity contribution >= 4 is 0 Å². The summed E-state index contributed by atoms with van der Waals surface area (Å²) < 4.78 is 59.3. The molecule has 52 valence electrons. The van der Waals surface area contributed by atoms with Crippen LogP contribution in [0.15, 0.2) is 0 Å². The maximum atomic E-state index is 9.44. The van der Waals surface area contributed by atoms with Gasteiger partial charge in [0.2, 0.25) is 0 Å². The summed E-state index contributed by atoms with van der Waals surface area (Å²) in [4.78, 5) is 0. The van der Waals surface area contributed by atoms with Gasteiger partial charge in [-0.15, -0.1) is 0 Å². The van der Waals surface area contributed by atoms with Crippen molar-refractivity contribution in [2.45, 2.75) is 0 Å². The van der Waals surface area contributed by atoms with Crippen molar-refractivity contribution in [1.82, 2.24) is 0 Å². The Bertz CT molecular complexity index is 305. The van der Waals surface area contributed by atoms with Crippen LogP contribution >= 0.6 is 0 Å². The molecule has 0 bridgehead atoms. The van der Waals surface area contributed by atoms with Crippen LogP contribution in [-0.4, -0.2) is 0 Å². The van der Waals surface area contributed by atoms with Gasteiger partial charge in [-0.3, -0.25) is 0 Å². The van der Waals surface area contributed by atoms with Crippen LogP contribution < -0.4 is 0 Å². The van der Waals surface area contributed by atoms with E-state index in [1.54, 1.807) is 0 Å². The van der Waals surface area contributed by atoms with Crippen molar-refractivity contribution in [3.05, 3.63) is 0 Å². The predicted octanol–water partition coefficient (Wildman–Crippen LogP) is -0.786. The van der Waals surface area contributed by atoms with E-state index in [0.717, 1.165) is 0 Å². The van der Waals surface area contributed by atoms with Crippen LogP contribution in [0.2, 0.25) is 0 Å². The second kappa shape index (κ2) is 2.46. The van der Waals surface area contributed by atoms with E-state index in [2.05, 4.69) is 1.75 Å². The zero-order chi connectivity index (χ0) is 7.71. The van der Waals surface area contributed by atoms with Crippen LogP contribution in [-0.2, 0) is 56.1 Å². The van der Waals surface area contributed by atoms with Gasteiger partial charge >= 0.3 is 56.1 Å². The van der Waals surface area contributed by atoms with Crippen molar-refractivity contribution < 1.29 is 56.1 Å². The van der Waals surface area contributed by atoms with Gasteiger partial charge in [-0.25, -0.2) is 0 Å². The first kappa shape index (κ1) is 9.24. The summed E-state index contributed by atoms with van der Waals surface area (Å²) in [5.74, 6) is 0. The van der Waals surface area contributed by atoms with Crippen LogP contribution in [0.4, 0.5) is 0 Å². The van der Waals surface area contributed by atoms with Crippen molar-refractivity contribution in [1.29, 1.82) is 0 Å². The molecular formula is Nb2O7. The molecule has 0 unspecified atom stereocenters. The van der Waals surface area contributed by atoms with Crippen molar-refractivity contribution in [2.75, 3.05) is 0 Å². The predicted molar refractivity (Wildman–Crippen MR) is 5.20 cm³/mol. The van der Waals surface area contributed by atoms with Gasteiger partial charge in [-0.1, -0.05) is 0 Å². The third-order valence-corrected chi connectivity index (χ3v) is 7.00. The van der Waals surface area contributed by atoms with Gasteiger partial charge in [0.1, 0.15) is 0 Å². The van der Waals surface area contributed by atoms with Gasteiger partial charge < -0.3 is 0 Å². The Morgan fingerprint density at radius 3 is 0.889 bits per heavy atom. The van der Waals surface area contributed by atoms with Gasteiger partial charge in [0.15, 0.2) is 0 Å². The third-order valence-electron chi connectivity index (χ3n) is 0.200. The van der Waals surface area contributed by atoms with E-state index in [-0.39, 0.29) is 0 Å². The minimum atomic E-state index is -6.45. The average Bonchev–Trinajstić information content (AvgIpc) is 1.14. The molecule has 0 N–H and O–H groups in total. The Kier molecular flexibility index (Phi) is 2.53. The van der Waals surface area contributed by atoms with Crippen LogP contribution in [0.1, 0.15) is 0 Å². The fraction of sp³-hybridized carbons (Fsp3) is 0. The Morgan fingerprint density at radius 2 is 0.889 bits per heavy atom. The van der Waals surface area contributed by atoms with Crippen LogP contribution in [0.25, 0.3) is 0 Å². The van der Waals surface area contributed by atoms with Gasteiger partial charge in [0, 0.05) is 0 Å². The molecule has 0 rings (SSSR count). The molecule has 9 heteroatoms. The van der Waals surface area contributed by atoms with Crippen molar-refractivity contribution in [3.8, 4) is 0 Å². The summed E-state index contributed by atoms with van der Waals surface area (Å²) in [6, 6.07) is 0. The summed E-state index contributed by atoms with van der Waals surface area (Å²) in [6.45, 7) is 0. The molecule has 0 spiro atoms. The maximum absolute atomic E-state index is 9.44. The van der Waals surface area contributed by atoms with Gasteiger partial charge in [-0.2, -0.15) is 0 Å². The van der Waals surface area contributed by atoms with Crippen molar-refractivity contribution in [2.24, 2.45) is 0 Å². The average molecular weight is 298 g/mol. The summed E-state index contributed by atoms with van der Waals surface area (Å²) in [7, 11) is 0. The van der Waals surface area contributed by atoms with Crippen LogP contribution in [0.5, 0.6) is 0 Å². The van der Waals surface area contributed by atoms with E-state index >= 15 is 0 Å². The first-order chi connectivity index (χ1) is 3.71. The summed E-state index contributed by atoms with van der Waals surface area (Å²) >= 11 is -12.9. The zero-order valence-electron chi connectivity index (χ0n) is 3.75. The second-order valence-corrected chi connectivity index (χ2v) is 8.15. The van der Waals surface area contributed by atoms with E-state index < -0.39 is 34.9 Å². The van der Waals surface area contributed by atoms with E-state index in [1.165, 1.54) is 0 Å². The fourth-order valence-electron chi connectivity index (χ4n) is 0.122. The number of hydrogen-bond donors (Lipinski definition) is 0. The van der Waals surface area contributed by atoms with E-state index in [9.17, 15) is 19.5 Å². The molecule has 0 saturated heterocycles. The minimum absolute atomic E-state index is 2.69. The molecule has 0 saturated carbocycles. The first-order valence-electron chi connectivity index (χ1n) is 1.46. The monoisotopic (exact) mass is 298 g/mol. The molecular weight excluding hydrogens is 298 g/mol.